The molecule has 0 aromatic carbocycles. The quantitative estimate of drug-likeness (QED) is 0.155. The lowest BCUT2D eigenvalue weighted by Gasteiger charge is -2.41. The van der Waals surface area contributed by atoms with E-state index in [1.54, 1.807) is 20.8 Å². The largest absolute Gasteiger partial charge is 0.346 e. The number of likely N-dealkylation sites (tertiary alicyclic amines) is 1. The molecule has 0 radical (unpaired) electrons. The number of amides is 5. The van der Waals surface area contributed by atoms with E-state index in [1.165, 1.54) is 11.0 Å². The average Bonchev–Trinajstić information content (AvgIpc) is 3.44. The van der Waals surface area contributed by atoms with Gasteiger partial charge in [-0.25, -0.2) is 13.2 Å². The standard InChI is InChI=1S/C37H63N5O7S/c1-10-20-38-32(45)29(43)27(22-25-15-14-16-25)39-31(44)28-26(24(2)3)17-21-42(28)33(46)30(35(4,5)6)40-34(47)41-37(18-12-11-13-19-37)23-50(48,49)36(7,8)9/h10,24-28,30H,1,11-23H2,2-9H3,(H,38,45)(H,39,44)(H2,40,41,47)/t26-,27?,28+,30-/m1/s1. The van der Waals surface area contributed by atoms with E-state index in [9.17, 15) is 32.4 Å². The van der Waals surface area contributed by atoms with Crippen molar-refractivity contribution in [3.05, 3.63) is 12.7 Å². The molecule has 0 aromatic heterocycles. The van der Waals surface area contributed by atoms with Crippen LogP contribution in [0.25, 0.3) is 0 Å². The molecule has 2 aliphatic carbocycles. The van der Waals surface area contributed by atoms with Gasteiger partial charge in [-0.2, -0.15) is 0 Å². The first-order chi connectivity index (χ1) is 23.1. The van der Waals surface area contributed by atoms with E-state index in [4.69, 9.17) is 0 Å². The van der Waals surface area contributed by atoms with Gasteiger partial charge < -0.3 is 26.2 Å². The second-order valence-electron chi connectivity index (χ2n) is 17.2. The zero-order valence-corrected chi connectivity index (χ0v) is 32.5. The number of nitrogens with zero attached hydrogens (tertiary/aromatic N) is 1. The molecule has 4 N–H and O–H groups in total. The lowest BCUT2D eigenvalue weighted by Crippen LogP contribution is -2.64. The van der Waals surface area contributed by atoms with Crippen molar-refractivity contribution in [1.29, 1.82) is 0 Å². The van der Waals surface area contributed by atoms with Crippen molar-refractivity contribution in [1.82, 2.24) is 26.2 Å². The lowest BCUT2D eigenvalue weighted by atomic mass is 9.80. The van der Waals surface area contributed by atoms with Gasteiger partial charge in [-0.15, -0.1) is 6.58 Å². The van der Waals surface area contributed by atoms with Gasteiger partial charge in [0.05, 0.1) is 22.1 Å². The second-order valence-corrected chi connectivity index (χ2v) is 20.0. The number of urea groups is 1. The van der Waals surface area contributed by atoms with Crippen molar-refractivity contribution in [2.24, 2.45) is 23.2 Å². The molecule has 1 saturated heterocycles. The molecular formula is C37H63N5O7S. The fourth-order valence-corrected chi connectivity index (χ4v) is 8.92. The van der Waals surface area contributed by atoms with Crippen LogP contribution in [0, 0.1) is 23.2 Å². The highest BCUT2D eigenvalue weighted by Gasteiger charge is 2.49. The Morgan fingerprint density at radius 1 is 0.920 bits per heavy atom. The highest BCUT2D eigenvalue weighted by Crippen LogP contribution is 2.36. The van der Waals surface area contributed by atoms with E-state index in [-0.39, 0.29) is 36.6 Å². The molecule has 4 atom stereocenters. The van der Waals surface area contributed by atoms with E-state index < -0.39 is 73.2 Å². The minimum Gasteiger partial charge on any atom is -0.346 e. The Kier molecular flexibility index (Phi) is 13.8. The SMILES string of the molecule is C=CCNC(=O)C(=O)C(CC1CCC1)NC(=O)[C@@H]1[C@@H](C(C)C)CCN1C(=O)[C@@H](NC(=O)NC1(CS(=O)(=O)C(C)(C)C)CCCCC1)C(C)(C)C. The Labute approximate surface area is 300 Å². The normalized spacial score (nSPS) is 22.5. The van der Waals surface area contributed by atoms with Crippen molar-refractivity contribution >= 4 is 39.4 Å². The van der Waals surface area contributed by atoms with Crippen LogP contribution in [0.15, 0.2) is 12.7 Å². The molecular weight excluding hydrogens is 659 g/mol. The molecule has 1 heterocycles. The smallest absolute Gasteiger partial charge is 0.315 e. The van der Waals surface area contributed by atoms with E-state index in [1.807, 2.05) is 34.6 Å². The Bertz CT molecular complexity index is 1370. The predicted molar refractivity (Wildman–Crippen MR) is 195 cm³/mol. The number of rotatable bonds is 14. The Morgan fingerprint density at radius 2 is 1.54 bits per heavy atom. The summed E-state index contributed by atoms with van der Waals surface area (Å²) >= 11 is 0. The highest BCUT2D eigenvalue weighted by molar-refractivity contribution is 7.92. The molecule has 3 fully saturated rings. The number of sulfone groups is 1. The summed E-state index contributed by atoms with van der Waals surface area (Å²) in [6.45, 7) is 18.4. The van der Waals surface area contributed by atoms with Crippen molar-refractivity contribution < 1.29 is 32.4 Å². The van der Waals surface area contributed by atoms with Crippen LogP contribution in [-0.4, -0.2) is 90.1 Å². The maximum atomic E-state index is 14.5. The molecule has 1 unspecified atom stereocenters. The van der Waals surface area contributed by atoms with Crippen molar-refractivity contribution in [2.75, 3.05) is 18.8 Å². The van der Waals surface area contributed by atoms with Crippen LogP contribution in [0.4, 0.5) is 4.79 Å². The fraction of sp³-hybridized carbons (Fsp3) is 0.811. The third kappa shape index (κ3) is 10.3. The number of nitrogens with one attached hydrogen (secondary N) is 4. The Hall–Kier alpha value is -2.96. The Morgan fingerprint density at radius 3 is 2.04 bits per heavy atom. The molecule has 0 bridgehead atoms. The molecule has 50 heavy (non-hydrogen) atoms. The first kappa shape index (κ1) is 41.5. The molecule has 5 amide bonds. The number of ketones is 1. The molecule has 3 rings (SSSR count). The summed E-state index contributed by atoms with van der Waals surface area (Å²) in [5.74, 6) is -2.59. The molecule has 1 aliphatic heterocycles. The van der Waals surface area contributed by atoms with Crippen LogP contribution in [0.1, 0.15) is 120 Å². The van der Waals surface area contributed by atoms with Crippen LogP contribution in [0.2, 0.25) is 0 Å². The monoisotopic (exact) mass is 721 g/mol. The zero-order valence-electron chi connectivity index (χ0n) is 31.7. The number of carbonyl (C=O) groups is 5. The molecule has 2 saturated carbocycles. The first-order valence-electron chi connectivity index (χ1n) is 18.5. The molecule has 0 aromatic rings. The number of hydrogen-bond donors (Lipinski definition) is 4. The van der Waals surface area contributed by atoms with Crippen LogP contribution in [0.5, 0.6) is 0 Å². The third-order valence-electron chi connectivity index (χ3n) is 10.9. The molecule has 13 heteroatoms. The van der Waals surface area contributed by atoms with Crippen molar-refractivity contribution in [3.63, 3.8) is 0 Å². The summed E-state index contributed by atoms with van der Waals surface area (Å²) in [6, 6.07) is -3.60. The molecule has 12 nitrogen and oxygen atoms in total. The van der Waals surface area contributed by atoms with Gasteiger partial charge in [-0.1, -0.05) is 79.2 Å². The summed E-state index contributed by atoms with van der Waals surface area (Å²) in [5, 5.41) is 11.3. The van der Waals surface area contributed by atoms with Gasteiger partial charge >= 0.3 is 6.03 Å². The van der Waals surface area contributed by atoms with Crippen LogP contribution < -0.4 is 21.3 Å². The first-order valence-corrected chi connectivity index (χ1v) is 20.1. The summed E-state index contributed by atoms with van der Waals surface area (Å²) in [4.78, 5) is 69.9. The Balaban J connectivity index is 1.87. The van der Waals surface area contributed by atoms with Gasteiger partial charge in [0.15, 0.2) is 9.84 Å². The summed E-state index contributed by atoms with van der Waals surface area (Å²) in [7, 11) is -3.57. The maximum absolute atomic E-state index is 14.5. The lowest BCUT2D eigenvalue weighted by molar-refractivity contribution is -0.145. The van der Waals surface area contributed by atoms with Gasteiger partial charge in [0, 0.05) is 13.1 Å². The van der Waals surface area contributed by atoms with Gasteiger partial charge in [0.1, 0.15) is 12.1 Å². The van der Waals surface area contributed by atoms with Crippen molar-refractivity contribution in [2.45, 2.75) is 148 Å². The number of carbonyl (C=O) groups excluding carboxylic acids is 5. The van der Waals surface area contributed by atoms with Gasteiger partial charge in [0.2, 0.25) is 17.6 Å². The second kappa shape index (κ2) is 16.6. The minimum absolute atomic E-state index is 0.0282. The summed E-state index contributed by atoms with van der Waals surface area (Å²) < 4.78 is 25.6. The predicted octanol–water partition coefficient (Wildman–Crippen LogP) is 4.04. The minimum atomic E-state index is -3.57. The molecule has 0 spiro atoms. The third-order valence-corrected chi connectivity index (χ3v) is 13.7. The van der Waals surface area contributed by atoms with Crippen LogP contribution in [-0.2, 0) is 29.0 Å². The zero-order chi connectivity index (χ0) is 37.7. The van der Waals surface area contributed by atoms with E-state index in [2.05, 4.69) is 27.8 Å². The summed E-state index contributed by atoms with van der Waals surface area (Å²) in [6.07, 6.45) is 8.78. The highest BCUT2D eigenvalue weighted by atomic mass is 32.2. The van der Waals surface area contributed by atoms with Gasteiger partial charge in [-0.3, -0.25) is 19.2 Å². The van der Waals surface area contributed by atoms with E-state index >= 15 is 0 Å². The van der Waals surface area contributed by atoms with Crippen molar-refractivity contribution in [3.8, 4) is 0 Å². The van der Waals surface area contributed by atoms with E-state index in [0.29, 0.717) is 25.7 Å². The summed E-state index contributed by atoms with van der Waals surface area (Å²) in [5.41, 5.74) is -1.73. The van der Waals surface area contributed by atoms with Crippen LogP contribution in [0.3, 0.4) is 0 Å². The maximum Gasteiger partial charge on any atom is 0.315 e. The molecule has 284 valence electrons. The van der Waals surface area contributed by atoms with Gasteiger partial charge in [0.25, 0.3) is 5.91 Å². The number of hydrogen-bond acceptors (Lipinski definition) is 7. The topological polar surface area (TPSA) is 171 Å². The number of Topliss-reactive ketones (excluding diaryl/α,β-unsaturated/α-hetero) is 1. The van der Waals surface area contributed by atoms with Crippen LogP contribution >= 0.6 is 0 Å². The van der Waals surface area contributed by atoms with E-state index in [0.717, 1.165) is 38.5 Å². The molecule has 3 aliphatic rings. The van der Waals surface area contributed by atoms with Gasteiger partial charge in [-0.05, 0) is 69.6 Å². The fourth-order valence-electron chi connectivity index (χ4n) is 7.39. The average molecular weight is 722 g/mol.